The SMILES string of the molecule is CCOC(=O)/C=C/c1ccc(F)cc1P1OC(C)(C)C(C)(C)O1. The molecule has 1 saturated heterocycles. The minimum atomic E-state index is -1.44. The standard InChI is InChI=1S/C17H22FO4P/c1-6-20-15(19)10-8-12-7-9-13(18)11-14(12)23-21-16(2,3)17(4,5)22-23/h7-11H,6H2,1-5H3/b10-8+. The van der Waals surface area contributed by atoms with Crippen molar-refractivity contribution in [3.05, 3.63) is 35.7 Å². The third-order valence-corrected chi connectivity index (χ3v) is 5.97. The van der Waals surface area contributed by atoms with E-state index < -0.39 is 25.5 Å². The van der Waals surface area contributed by atoms with Crippen molar-refractivity contribution in [1.29, 1.82) is 0 Å². The van der Waals surface area contributed by atoms with Gasteiger partial charge in [0.15, 0.2) is 0 Å². The van der Waals surface area contributed by atoms with Crippen LogP contribution in [0.4, 0.5) is 4.39 Å². The van der Waals surface area contributed by atoms with Crippen LogP contribution >= 0.6 is 8.38 Å². The van der Waals surface area contributed by atoms with Gasteiger partial charge in [0.2, 0.25) is 8.38 Å². The smallest absolute Gasteiger partial charge is 0.330 e. The number of benzene rings is 1. The fourth-order valence-electron chi connectivity index (χ4n) is 1.92. The Hall–Kier alpha value is -1.29. The molecular formula is C17H22FO4P. The first-order chi connectivity index (χ1) is 10.7. The van der Waals surface area contributed by atoms with Gasteiger partial charge in [-0.2, -0.15) is 0 Å². The molecule has 1 fully saturated rings. The number of rotatable bonds is 4. The van der Waals surface area contributed by atoms with Crippen LogP contribution in [0.1, 0.15) is 40.2 Å². The van der Waals surface area contributed by atoms with Crippen LogP contribution in [-0.4, -0.2) is 23.8 Å². The highest BCUT2D eigenvalue weighted by Crippen LogP contribution is 2.57. The lowest BCUT2D eigenvalue weighted by molar-refractivity contribution is -0.137. The molecule has 0 unspecified atom stereocenters. The Kier molecular flexibility index (Phi) is 5.24. The lowest BCUT2D eigenvalue weighted by Gasteiger charge is -2.29. The van der Waals surface area contributed by atoms with Gasteiger partial charge < -0.3 is 13.8 Å². The summed E-state index contributed by atoms with van der Waals surface area (Å²) in [4.78, 5) is 11.5. The number of esters is 1. The number of halogens is 1. The van der Waals surface area contributed by atoms with Crippen molar-refractivity contribution in [3.63, 3.8) is 0 Å². The van der Waals surface area contributed by atoms with Gasteiger partial charge in [-0.1, -0.05) is 6.07 Å². The van der Waals surface area contributed by atoms with E-state index in [1.165, 1.54) is 18.2 Å². The molecule has 0 saturated carbocycles. The number of carbonyl (C=O) groups excluding carboxylic acids is 1. The molecule has 0 atom stereocenters. The molecule has 1 aliphatic heterocycles. The Labute approximate surface area is 137 Å². The molecule has 2 rings (SSSR count). The minimum Gasteiger partial charge on any atom is -0.463 e. The lowest BCUT2D eigenvalue weighted by Crippen LogP contribution is -2.41. The maximum Gasteiger partial charge on any atom is 0.330 e. The second-order valence-corrected chi connectivity index (χ2v) is 7.61. The van der Waals surface area contributed by atoms with Crippen LogP contribution in [0, 0.1) is 5.82 Å². The zero-order valence-corrected chi connectivity index (χ0v) is 14.9. The first-order valence-corrected chi connectivity index (χ1v) is 8.67. The molecule has 0 aliphatic carbocycles. The summed E-state index contributed by atoms with van der Waals surface area (Å²) in [5, 5.41) is 0.610. The van der Waals surface area contributed by atoms with Crippen LogP contribution in [0.25, 0.3) is 6.08 Å². The molecule has 0 amide bonds. The van der Waals surface area contributed by atoms with Crippen LogP contribution in [0.15, 0.2) is 24.3 Å². The van der Waals surface area contributed by atoms with Crippen molar-refractivity contribution < 1.29 is 23.0 Å². The quantitative estimate of drug-likeness (QED) is 0.473. The molecule has 0 aromatic heterocycles. The zero-order chi connectivity index (χ0) is 17.3. The van der Waals surface area contributed by atoms with E-state index in [-0.39, 0.29) is 5.82 Å². The molecule has 0 N–H and O–H groups in total. The third-order valence-electron chi connectivity index (χ3n) is 3.95. The van der Waals surface area contributed by atoms with Gasteiger partial charge in [-0.15, -0.1) is 0 Å². The Balaban J connectivity index is 2.32. The van der Waals surface area contributed by atoms with E-state index in [2.05, 4.69) is 0 Å². The average molecular weight is 340 g/mol. The monoisotopic (exact) mass is 340 g/mol. The van der Waals surface area contributed by atoms with Crippen molar-refractivity contribution in [2.24, 2.45) is 0 Å². The van der Waals surface area contributed by atoms with Crippen LogP contribution in [0.5, 0.6) is 0 Å². The molecule has 0 spiro atoms. The summed E-state index contributed by atoms with van der Waals surface area (Å²) < 4.78 is 30.6. The fraction of sp³-hybridized carbons (Fsp3) is 0.471. The summed E-state index contributed by atoms with van der Waals surface area (Å²) in [6, 6.07) is 4.35. The molecule has 126 valence electrons. The molecule has 1 aliphatic rings. The van der Waals surface area contributed by atoms with E-state index in [1.807, 2.05) is 27.7 Å². The van der Waals surface area contributed by atoms with Gasteiger partial charge >= 0.3 is 5.97 Å². The van der Waals surface area contributed by atoms with Gasteiger partial charge in [-0.3, -0.25) is 0 Å². The van der Waals surface area contributed by atoms with Crippen molar-refractivity contribution in [3.8, 4) is 0 Å². The Morgan fingerprint density at radius 3 is 2.43 bits per heavy atom. The van der Waals surface area contributed by atoms with E-state index in [0.717, 1.165) is 0 Å². The molecule has 1 aromatic carbocycles. The van der Waals surface area contributed by atoms with Crippen molar-refractivity contribution in [2.45, 2.75) is 45.8 Å². The van der Waals surface area contributed by atoms with Crippen molar-refractivity contribution in [1.82, 2.24) is 0 Å². The summed E-state index contributed by atoms with van der Waals surface area (Å²) in [5.41, 5.74) is -0.306. The maximum atomic E-state index is 13.7. The predicted molar refractivity (Wildman–Crippen MR) is 88.9 cm³/mol. The summed E-state index contributed by atoms with van der Waals surface area (Å²) in [6.07, 6.45) is 2.92. The molecule has 4 nitrogen and oxygen atoms in total. The largest absolute Gasteiger partial charge is 0.463 e. The predicted octanol–water partition coefficient (Wildman–Crippen LogP) is 3.94. The van der Waals surface area contributed by atoms with Gasteiger partial charge in [0.25, 0.3) is 0 Å². The average Bonchev–Trinajstić information content (AvgIpc) is 2.66. The minimum absolute atomic E-state index is 0.306. The van der Waals surface area contributed by atoms with E-state index in [4.69, 9.17) is 13.8 Å². The molecule has 0 bridgehead atoms. The van der Waals surface area contributed by atoms with Crippen molar-refractivity contribution in [2.75, 3.05) is 6.61 Å². The Bertz CT molecular complexity index is 609. The molecular weight excluding hydrogens is 318 g/mol. The van der Waals surface area contributed by atoms with Crippen LogP contribution in [0.3, 0.4) is 0 Å². The van der Waals surface area contributed by atoms with Crippen LogP contribution < -0.4 is 5.30 Å². The van der Waals surface area contributed by atoms with Gasteiger partial charge in [0.05, 0.1) is 17.8 Å². The van der Waals surface area contributed by atoms with Gasteiger partial charge in [-0.05, 0) is 58.4 Å². The Morgan fingerprint density at radius 1 is 1.26 bits per heavy atom. The molecule has 1 heterocycles. The highest BCUT2D eigenvalue weighted by atomic mass is 31.2. The summed E-state index contributed by atoms with van der Waals surface area (Å²) in [7, 11) is -1.44. The first kappa shape index (κ1) is 18.1. The van der Waals surface area contributed by atoms with Crippen molar-refractivity contribution >= 4 is 25.7 Å². The second-order valence-electron chi connectivity index (χ2n) is 6.25. The number of ether oxygens (including phenoxy) is 1. The second kappa shape index (κ2) is 6.68. The summed E-state index contributed by atoms with van der Waals surface area (Å²) >= 11 is 0. The normalized spacial score (nSPS) is 20.1. The number of hydrogen-bond donors (Lipinski definition) is 0. The fourth-order valence-corrected chi connectivity index (χ4v) is 4.01. The van der Waals surface area contributed by atoms with Gasteiger partial charge in [0, 0.05) is 11.4 Å². The van der Waals surface area contributed by atoms with E-state index >= 15 is 0 Å². The molecule has 1 aromatic rings. The van der Waals surface area contributed by atoms with E-state index in [0.29, 0.717) is 17.5 Å². The first-order valence-electron chi connectivity index (χ1n) is 7.49. The molecule has 0 radical (unpaired) electrons. The highest BCUT2D eigenvalue weighted by Gasteiger charge is 2.50. The van der Waals surface area contributed by atoms with Crippen LogP contribution in [-0.2, 0) is 18.6 Å². The summed E-state index contributed by atoms with van der Waals surface area (Å²) in [5.74, 6) is -0.810. The zero-order valence-electron chi connectivity index (χ0n) is 14.1. The summed E-state index contributed by atoms with van der Waals surface area (Å²) in [6.45, 7) is 9.83. The van der Waals surface area contributed by atoms with Gasteiger partial charge in [-0.25, -0.2) is 9.18 Å². The maximum absolute atomic E-state index is 13.7. The molecule has 6 heteroatoms. The third kappa shape index (κ3) is 3.97. The van der Waals surface area contributed by atoms with Crippen LogP contribution in [0.2, 0.25) is 0 Å². The Morgan fingerprint density at radius 2 is 1.87 bits per heavy atom. The number of hydrogen-bond acceptors (Lipinski definition) is 4. The topological polar surface area (TPSA) is 44.8 Å². The van der Waals surface area contributed by atoms with Gasteiger partial charge in [0.1, 0.15) is 5.82 Å². The van der Waals surface area contributed by atoms with E-state index in [9.17, 15) is 9.18 Å². The van der Waals surface area contributed by atoms with E-state index in [1.54, 1.807) is 19.1 Å². The number of carbonyl (C=O) groups is 1. The highest BCUT2D eigenvalue weighted by molar-refractivity contribution is 7.56. The lowest BCUT2D eigenvalue weighted by atomic mass is 9.90. The molecule has 23 heavy (non-hydrogen) atoms.